The Hall–Kier alpha value is 0.0400. The normalized spacial score (nSPS) is 19.1. The molecule has 1 aromatic rings. The predicted octanol–water partition coefficient (Wildman–Crippen LogP) is 4.83. The van der Waals surface area contributed by atoms with Gasteiger partial charge in [-0.1, -0.05) is 37.0 Å². The fourth-order valence-electron chi connectivity index (χ4n) is 2.55. The Bertz CT molecular complexity index is 465. The summed E-state index contributed by atoms with van der Waals surface area (Å²) in [6.45, 7) is 8.72. The molecule has 0 aromatic heterocycles. The van der Waals surface area contributed by atoms with E-state index in [0.29, 0.717) is 21.9 Å². The van der Waals surface area contributed by atoms with Gasteiger partial charge in [0.25, 0.3) is 0 Å². The van der Waals surface area contributed by atoms with Gasteiger partial charge < -0.3 is 10.2 Å². The minimum Gasteiger partial charge on any atom is -0.370 e. The Balaban J connectivity index is 1.94. The maximum atomic E-state index is 6.35. The van der Waals surface area contributed by atoms with Gasteiger partial charge in [0.2, 0.25) is 0 Å². The Labute approximate surface area is 139 Å². The number of rotatable bonds is 5. The minimum atomic E-state index is 0.602. The van der Waals surface area contributed by atoms with Crippen LogP contribution in [0.2, 0.25) is 10.0 Å². The van der Waals surface area contributed by atoms with Crippen LogP contribution in [0, 0.1) is 11.8 Å². The molecule has 0 saturated carbocycles. The van der Waals surface area contributed by atoms with E-state index in [2.05, 4.69) is 40.0 Å². The van der Waals surface area contributed by atoms with Crippen LogP contribution in [0.3, 0.4) is 0 Å². The van der Waals surface area contributed by atoms with Crippen LogP contribution < -0.4 is 10.2 Å². The van der Waals surface area contributed by atoms with Crippen LogP contribution in [-0.2, 0) is 0 Å². The monoisotopic (exact) mass is 378 g/mol. The number of nitrogens with one attached hydrogen (secondary N) is 1. The molecule has 1 atom stereocenters. The molecule has 112 valence electrons. The predicted molar refractivity (Wildman–Crippen MR) is 92.2 cm³/mol. The molecule has 20 heavy (non-hydrogen) atoms. The highest BCUT2D eigenvalue weighted by Gasteiger charge is 2.24. The van der Waals surface area contributed by atoms with E-state index < -0.39 is 0 Å². The summed E-state index contributed by atoms with van der Waals surface area (Å²) in [5.74, 6) is 1.39. The summed E-state index contributed by atoms with van der Waals surface area (Å²) in [6.07, 6.45) is 1.20. The first-order valence-electron chi connectivity index (χ1n) is 7.08. The lowest BCUT2D eigenvalue weighted by Crippen LogP contribution is -2.28. The summed E-state index contributed by atoms with van der Waals surface area (Å²) >= 11 is 16.0. The van der Waals surface area contributed by atoms with Crippen LogP contribution in [0.5, 0.6) is 0 Å². The second-order valence-electron chi connectivity index (χ2n) is 5.85. The molecule has 1 saturated heterocycles. The summed E-state index contributed by atoms with van der Waals surface area (Å²) in [5, 5.41) is 4.79. The van der Waals surface area contributed by atoms with Gasteiger partial charge in [0.05, 0.1) is 15.7 Å². The van der Waals surface area contributed by atoms with Crippen molar-refractivity contribution >= 4 is 44.8 Å². The average molecular weight is 380 g/mol. The number of hydrogen-bond donors (Lipinski definition) is 1. The molecule has 0 amide bonds. The van der Waals surface area contributed by atoms with Crippen molar-refractivity contribution in [2.24, 2.45) is 11.8 Å². The Morgan fingerprint density at radius 1 is 1.35 bits per heavy atom. The Morgan fingerprint density at radius 2 is 2.10 bits per heavy atom. The maximum Gasteiger partial charge on any atom is 0.0837 e. The van der Waals surface area contributed by atoms with Crippen molar-refractivity contribution in [3.05, 3.63) is 26.7 Å². The van der Waals surface area contributed by atoms with Crippen molar-refractivity contribution in [3.8, 4) is 0 Å². The molecule has 1 N–H and O–H groups in total. The van der Waals surface area contributed by atoms with E-state index in [1.54, 1.807) is 0 Å². The zero-order chi connectivity index (χ0) is 14.7. The molecule has 1 aliphatic heterocycles. The highest BCUT2D eigenvalue weighted by molar-refractivity contribution is 9.10. The van der Waals surface area contributed by atoms with Gasteiger partial charge in [-0.3, -0.25) is 0 Å². The van der Waals surface area contributed by atoms with Gasteiger partial charge in [-0.15, -0.1) is 0 Å². The molecule has 1 heterocycles. The van der Waals surface area contributed by atoms with Crippen LogP contribution >= 0.6 is 39.1 Å². The third kappa shape index (κ3) is 4.03. The quantitative estimate of drug-likeness (QED) is 0.737. The van der Waals surface area contributed by atoms with E-state index >= 15 is 0 Å². The van der Waals surface area contributed by atoms with Crippen molar-refractivity contribution in [3.63, 3.8) is 0 Å². The van der Waals surface area contributed by atoms with Gasteiger partial charge in [0.15, 0.2) is 0 Å². The van der Waals surface area contributed by atoms with E-state index in [9.17, 15) is 0 Å². The number of benzene rings is 1. The maximum absolute atomic E-state index is 6.35. The number of nitrogens with zero attached hydrogens (tertiary/aromatic N) is 1. The van der Waals surface area contributed by atoms with E-state index in [-0.39, 0.29) is 0 Å². The zero-order valence-electron chi connectivity index (χ0n) is 11.9. The SMILES string of the molecule is CC(C)CNCC1CCN(c2ccc(Br)c(Cl)c2Cl)C1. The van der Waals surface area contributed by atoms with E-state index in [1.165, 1.54) is 6.42 Å². The molecule has 2 rings (SSSR count). The smallest absolute Gasteiger partial charge is 0.0837 e. The molecule has 1 aliphatic rings. The van der Waals surface area contributed by atoms with Crippen molar-refractivity contribution in [2.75, 3.05) is 31.1 Å². The van der Waals surface area contributed by atoms with E-state index in [1.807, 2.05) is 12.1 Å². The second kappa shape index (κ2) is 7.35. The topological polar surface area (TPSA) is 15.3 Å². The first-order chi connectivity index (χ1) is 9.49. The third-order valence-electron chi connectivity index (χ3n) is 3.63. The molecule has 0 aliphatic carbocycles. The fourth-order valence-corrected chi connectivity index (χ4v) is 3.44. The fraction of sp³-hybridized carbons (Fsp3) is 0.600. The van der Waals surface area contributed by atoms with Crippen LogP contribution in [0.4, 0.5) is 5.69 Å². The molecule has 0 spiro atoms. The van der Waals surface area contributed by atoms with Crippen LogP contribution in [-0.4, -0.2) is 26.2 Å². The average Bonchev–Trinajstić information content (AvgIpc) is 2.84. The first kappa shape index (κ1) is 16.4. The van der Waals surface area contributed by atoms with Gasteiger partial charge in [0.1, 0.15) is 0 Å². The van der Waals surface area contributed by atoms with Crippen molar-refractivity contribution in [2.45, 2.75) is 20.3 Å². The van der Waals surface area contributed by atoms with Crippen LogP contribution in [0.1, 0.15) is 20.3 Å². The number of anilines is 1. The lowest BCUT2D eigenvalue weighted by molar-refractivity contribution is 0.477. The second-order valence-corrected chi connectivity index (χ2v) is 7.46. The first-order valence-corrected chi connectivity index (χ1v) is 8.63. The van der Waals surface area contributed by atoms with Crippen LogP contribution in [0.25, 0.3) is 0 Å². The van der Waals surface area contributed by atoms with Crippen molar-refractivity contribution in [1.29, 1.82) is 0 Å². The molecular formula is C15H21BrCl2N2. The van der Waals surface area contributed by atoms with E-state index in [0.717, 1.165) is 36.3 Å². The lowest BCUT2D eigenvalue weighted by atomic mass is 10.1. The zero-order valence-corrected chi connectivity index (χ0v) is 15.0. The highest BCUT2D eigenvalue weighted by atomic mass is 79.9. The molecule has 1 aromatic carbocycles. The number of halogens is 3. The molecule has 1 unspecified atom stereocenters. The minimum absolute atomic E-state index is 0.602. The lowest BCUT2D eigenvalue weighted by Gasteiger charge is -2.21. The van der Waals surface area contributed by atoms with Gasteiger partial charge in [-0.25, -0.2) is 0 Å². The molecule has 5 heteroatoms. The standard InChI is InChI=1S/C15H21BrCl2N2/c1-10(2)7-19-8-11-5-6-20(9-11)13-4-3-12(16)14(17)15(13)18/h3-4,10-11,19H,5-9H2,1-2H3. The summed E-state index contributed by atoms with van der Waals surface area (Å²) < 4.78 is 0.849. The summed E-state index contributed by atoms with van der Waals surface area (Å²) in [7, 11) is 0. The van der Waals surface area contributed by atoms with E-state index in [4.69, 9.17) is 23.2 Å². The van der Waals surface area contributed by atoms with Gasteiger partial charge in [-0.2, -0.15) is 0 Å². The largest absolute Gasteiger partial charge is 0.370 e. The van der Waals surface area contributed by atoms with Gasteiger partial charge >= 0.3 is 0 Å². The molecule has 2 nitrogen and oxygen atoms in total. The third-order valence-corrected chi connectivity index (χ3v) is 5.39. The summed E-state index contributed by atoms with van der Waals surface area (Å²) in [6, 6.07) is 4.01. The molecule has 1 fully saturated rings. The Kier molecular flexibility index (Phi) is 6.03. The summed E-state index contributed by atoms with van der Waals surface area (Å²) in [5.41, 5.74) is 1.05. The Morgan fingerprint density at radius 3 is 2.80 bits per heavy atom. The molecule has 0 radical (unpaired) electrons. The summed E-state index contributed by atoms with van der Waals surface area (Å²) in [4.78, 5) is 2.34. The molecule has 0 bridgehead atoms. The van der Waals surface area contributed by atoms with Crippen molar-refractivity contribution < 1.29 is 0 Å². The van der Waals surface area contributed by atoms with Crippen LogP contribution in [0.15, 0.2) is 16.6 Å². The molecular weight excluding hydrogens is 359 g/mol. The van der Waals surface area contributed by atoms with Gasteiger partial charge in [0, 0.05) is 17.6 Å². The van der Waals surface area contributed by atoms with Gasteiger partial charge in [-0.05, 0) is 59.4 Å². The number of hydrogen-bond acceptors (Lipinski definition) is 2. The highest BCUT2D eigenvalue weighted by Crippen LogP contribution is 2.39. The van der Waals surface area contributed by atoms with Crippen molar-refractivity contribution in [1.82, 2.24) is 5.32 Å².